The first-order valence-corrected chi connectivity index (χ1v) is 3.32. The number of halogens is 7. The molecule has 0 saturated carbocycles. The van der Waals surface area contributed by atoms with Crippen molar-refractivity contribution >= 4 is 0 Å². The molecule has 0 fully saturated rings. The standard InChI is InChI=1S/C6H7F7/c7-1-2(8)3(9)4(10)5(11)6(12)13/h2-6H,1H2. The highest BCUT2D eigenvalue weighted by Gasteiger charge is 2.40. The molecule has 0 aromatic carbocycles. The van der Waals surface area contributed by atoms with E-state index in [0.717, 1.165) is 0 Å². The highest BCUT2D eigenvalue weighted by molar-refractivity contribution is 4.83. The summed E-state index contributed by atoms with van der Waals surface area (Å²) in [7, 11) is 0. The first-order valence-electron chi connectivity index (χ1n) is 3.32. The highest BCUT2D eigenvalue weighted by Crippen LogP contribution is 2.21. The van der Waals surface area contributed by atoms with E-state index in [2.05, 4.69) is 0 Å². The molecule has 7 heteroatoms. The van der Waals surface area contributed by atoms with E-state index in [1.54, 1.807) is 0 Å². The van der Waals surface area contributed by atoms with Gasteiger partial charge in [0.1, 0.15) is 6.67 Å². The molecular weight excluding hydrogens is 205 g/mol. The molecule has 0 bridgehead atoms. The summed E-state index contributed by atoms with van der Waals surface area (Å²) < 4.78 is 82.7. The zero-order valence-corrected chi connectivity index (χ0v) is 6.24. The van der Waals surface area contributed by atoms with Crippen LogP contribution in [-0.4, -0.2) is 37.8 Å². The quantitative estimate of drug-likeness (QED) is 0.614. The van der Waals surface area contributed by atoms with Crippen molar-refractivity contribution in [2.45, 2.75) is 31.1 Å². The van der Waals surface area contributed by atoms with E-state index in [1.807, 2.05) is 0 Å². The molecule has 0 aromatic rings. The van der Waals surface area contributed by atoms with Gasteiger partial charge >= 0.3 is 0 Å². The molecule has 0 nitrogen and oxygen atoms in total. The fourth-order valence-electron chi connectivity index (χ4n) is 0.599. The summed E-state index contributed by atoms with van der Waals surface area (Å²) in [6.07, 6.45) is -16.6. The Hall–Kier alpha value is -0.490. The van der Waals surface area contributed by atoms with Crippen molar-refractivity contribution in [2.24, 2.45) is 0 Å². The summed E-state index contributed by atoms with van der Waals surface area (Å²) in [5, 5.41) is 0. The smallest absolute Gasteiger partial charge is 0.248 e. The van der Waals surface area contributed by atoms with Crippen LogP contribution in [0.1, 0.15) is 0 Å². The second kappa shape index (κ2) is 5.29. The average molecular weight is 212 g/mol. The van der Waals surface area contributed by atoms with E-state index in [1.165, 1.54) is 0 Å². The normalized spacial score (nSPS) is 21.2. The molecule has 0 radical (unpaired) electrons. The van der Waals surface area contributed by atoms with Gasteiger partial charge in [-0.05, 0) is 0 Å². The van der Waals surface area contributed by atoms with Crippen LogP contribution in [0.3, 0.4) is 0 Å². The molecule has 4 atom stereocenters. The summed E-state index contributed by atoms with van der Waals surface area (Å²) in [6, 6.07) is 0. The Labute approximate surface area is 69.7 Å². The van der Waals surface area contributed by atoms with Crippen LogP contribution < -0.4 is 0 Å². The molecule has 0 amide bonds. The van der Waals surface area contributed by atoms with Gasteiger partial charge in [0.25, 0.3) is 6.43 Å². The van der Waals surface area contributed by atoms with E-state index >= 15 is 0 Å². The van der Waals surface area contributed by atoms with Crippen molar-refractivity contribution in [3.05, 3.63) is 0 Å². The van der Waals surface area contributed by atoms with Crippen molar-refractivity contribution in [3.8, 4) is 0 Å². The molecule has 0 aliphatic heterocycles. The predicted molar refractivity (Wildman–Crippen MR) is 31.6 cm³/mol. The summed E-state index contributed by atoms with van der Waals surface area (Å²) in [6.45, 7) is -1.88. The summed E-state index contributed by atoms with van der Waals surface area (Å²) in [4.78, 5) is 0. The van der Waals surface area contributed by atoms with E-state index < -0.39 is 37.8 Å². The van der Waals surface area contributed by atoms with Crippen LogP contribution >= 0.6 is 0 Å². The third kappa shape index (κ3) is 3.40. The molecule has 0 N–H and O–H groups in total. The molecule has 0 aliphatic rings. The van der Waals surface area contributed by atoms with Gasteiger partial charge in [0, 0.05) is 0 Å². The molecule has 0 aliphatic carbocycles. The maximum atomic E-state index is 12.2. The van der Waals surface area contributed by atoms with E-state index in [4.69, 9.17) is 0 Å². The minimum Gasteiger partial charge on any atom is -0.248 e. The predicted octanol–water partition coefficient (Wildman–Crippen LogP) is 2.57. The first-order chi connectivity index (χ1) is 5.91. The number of hydrogen-bond acceptors (Lipinski definition) is 0. The average Bonchev–Trinajstić information content (AvgIpc) is 2.12. The van der Waals surface area contributed by atoms with Crippen molar-refractivity contribution in [2.75, 3.05) is 6.67 Å². The fourth-order valence-corrected chi connectivity index (χ4v) is 0.599. The molecule has 13 heavy (non-hydrogen) atoms. The SMILES string of the molecule is FCC(F)C(F)C(F)C(F)C(F)F. The Bertz CT molecular complexity index is 139. The molecule has 80 valence electrons. The minimum atomic E-state index is -3.75. The van der Waals surface area contributed by atoms with Crippen molar-refractivity contribution in [1.29, 1.82) is 0 Å². The van der Waals surface area contributed by atoms with Crippen LogP contribution in [0, 0.1) is 0 Å². The van der Waals surface area contributed by atoms with E-state index in [0.29, 0.717) is 0 Å². The lowest BCUT2D eigenvalue weighted by atomic mass is 10.1. The summed E-state index contributed by atoms with van der Waals surface area (Å²) >= 11 is 0. The number of alkyl halides is 7. The molecule has 0 rings (SSSR count). The Balaban J connectivity index is 4.15. The summed E-state index contributed by atoms with van der Waals surface area (Å²) in [5.74, 6) is 0. The van der Waals surface area contributed by atoms with Gasteiger partial charge in [-0.2, -0.15) is 0 Å². The molecule has 0 aromatic heterocycles. The van der Waals surface area contributed by atoms with Crippen LogP contribution in [0.15, 0.2) is 0 Å². The van der Waals surface area contributed by atoms with Crippen LogP contribution in [-0.2, 0) is 0 Å². The number of rotatable bonds is 5. The van der Waals surface area contributed by atoms with Gasteiger partial charge in [-0.3, -0.25) is 0 Å². The van der Waals surface area contributed by atoms with Crippen molar-refractivity contribution < 1.29 is 30.7 Å². The fraction of sp³-hybridized carbons (Fsp3) is 1.00. The Morgan fingerprint density at radius 2 is 1.15 bits per heavy atom. The zero-order chi connectivity index (χ0) is 10.6. The van der Waals surface area contributed by atoms with Crippen molar-refractivity contribution in [1.82, 2.24) is 0 Å². The van der Waals surface area contributed by atoms with E-state index in [9.17, 15) is 30.7 Å². The van der Waals surface area contributed by atoms with Gasteiger partial charge in [-0.25, -0.2) is 30.7 Å². The lowest BCUT2D eigenvalue weighted by Gasteiger charge is -2.18. The molecule has 0 saturated heterocycles. The van der Waals surface area contributed by atoms with Crippen LogP contribution in [0.2, 0.25) is 0 Å². The Kier molecular flexibility index (Phi) is 5.09. The van der Waals surface area contributed by atoms with Gasteiger partial charge in [0.2, 0.25) is 0 Å². The molecule has 4 unspecified atom stereocenters. The minimum absolute atomic E-state index is 1.88. The second-order valence-corrected chi connectivity index (χ2v) is 2.34. The topological polar surface area (TPSA) is 0 Å². The molecule has 0 heterocycles. The first kappa shape index (κ1) is 12.5. The molecular formula is C6H7F7. The second-order valence-electron chi connectivity index (χ2n) is 2.34. The number of hydrogen-bond donors (Lipinski definition) is 0. The monoisotopic (exact) mass is 212 g/mol. The lowest BCUT2D eigenvalue weighted by Crippen LogP contribution is -2.39. The largest absolute Gasteiger partial charge is 0.272 e. The lowest BCUT2D eigenvalue weighted by molar-refractivity contribution is -0.0423. The van der Waals surface area contributed by atoms with Crippen LogP contribution in [0.5, 0.6) is 0 Å². The van der Waals surface area contributed by atoms with Gasteiger partial charge < -0.3 is 0 Å². The van der Waals surface area contributed by atoms with Crippen LogP contribution in [0.25, 0.3) is 0 Å². The maximum absolute atomic E-state index is 12.2. The van der Waals surface area contributed by atoms with Crippen LogP contribution in [0.4, 0.5) is 30.7 Å². The molecule has 0 spiro atoms. The maximum Gasteiger partial charge on any atom is 0.272 e. The zero-order valence-electron chi connectivity index (χ0n) is 6.24. The van der Waals surface area contributed by atoms with Gasteiger partial charge in [-0.1, -0.05) is 0 Å². The highest BCUT2D eigenvalue weighted by atomic mass is 19.3. The third-order valence-corrected chi connectivity index (χ3v) is 1.34. The van der Waals surface area contributed by atoms with Gasteiger partial charge in [-0.15, -0.1) is 0 Å². The Morgan fingerprint density at radius 1 is 0.692 bits per heavy atom. The van der Waals surface area contributed by atoms with E-state index in [-0.39, 0.29) is 0 Å². The van der Waals surface area contributed by atoms with Gasteiger partial charge in [0.05, 0.1) is 0 Å². The van der Waals surface area contributed by atoms with Crippen molar-refractivity contribution in [3.63, 3.8) is 0 Å². The van der Waals surface area contributed by atoms with Gasteiger partial charge in [0.15, 0.2) is 24.7 Å². The summed E-state index contributed by atoms with van der Waals surface area (Å²) in [5.41, 5.74) is 0. The third-order valence-electron chi connectivity index (χ3n) is 1.34. The Morgan fingerprint density at radius 3 is 1.46 bits per heavy atom.